The SMILES string of the molecule is CC(C)CN(CC(=O)N1Cc2ccccc2C(C(=O)O)C1)C(=O)/C=C/c1ccc(C(F)(F)F)cc1. The molecule has 1 unspecified atom stereocenters. The molecule has 0 bridgehead atoms. The van der Waals surface area contributed by atoms with Crippen molar-refractivity contribution < 1.29 is 32.7 Å². The van der Waals surface area contributed by atoms with Crippen LogP contribution in [0.25, 0.3) is 6.08 Å². The molecule has 3 rings (SSSR count). The van der Waals surface area contributed by atoms with Crippen LogP contribution >= 0.6 is 0 Å². The van der Waals surface area contributed by atoms with Gasteiger partial charge in [0.1, 0.15) is 6.54 Å². The Hall–Kier alpha value is -3.62. The van der Waals surface area contributed by atoms with Gasteiger partial charge >= 0.3 is 12.1 Å². The van der Waals surface area contributed by atoms with Gasteiger partial charge in [-0.25, -0.2) is 0 Å². The molecular weight excluding hydrogens is 461 g/mol. The molecule has 2 aromatic rings. The minimum Gasteiger partial charge on any atom is -0.481 e. The van der Waals surface area contributed by atoms with Gasteiger partial charge in [-0.05, 0) is 40.8 Å². The van der Waals surface area contributed by atoms with E-state index in [1.54, 1.807) is 24.3 Å². The molecule has 1 aliphatic heterocycles. The molecule has 35 heavy (non-hydrogen) atoms. The first-order valence-electron chi connectivity index (χ1n) is 11.2. The molecule has 0 saturated carbocycles. The Bertz CT molecular complexity index is 1110. The number of rotatable bonds is 7. The van der Waals surface area contributed by atoms with Crippen molar-refractivity contribution in [1.29, 1.82) is 0 Å². The first kappa shape index (κ1) is 26.0. The summed E-state index contributed by atoms with van der Waals surface area (Å²) >= 11 is 0. The number of halogens is 3. The molecule has 2 aromatic carbocycles. The second-order valence-electron chi connectivity index (χ2n) is 8.93. The molecule has 1 aliphatic rings. The van der Waals surface area contributed by atoms with E-state index in [0.29, 0.717) is 11.1 Å². The smallest absolute Gasteiger partial charge is 0.416 e. The lowest BCUT2D eigenvalue weighted by atomic mass is 9.90. The van der Waals surface area contributed by atoms with E-state index in [-0.39, 0.29) is 38.0 Å². The van der Waals surface area contributed by atoms with E-state index in [1.807, 2.05) is 13.8 Å². The maximum atomic E-state index is 13.1. The molecule has 186 valence electrons. The summed E-state index contributed by atoms with van der Waals surface area (Å²) in [5, 5.41) is 9.64. The Morgan fingerprint density at radius 3 is 2.37 bits per heavy atom. The van der Waals surface area contributed by atoms with Crippen LogP contribution in [0.5, 0.6) is 0 Å². The van der Waals surface area contributed by atoms with Gasteiger partial charge in [0.2, 0.25) is 11.8 Å². The van der Waals surface area contributed by atoms with Gasteiger partial charge in [-0.1, -0.05) is 50.2 Å². The summed E-state index contributed by atoms with van der Waals surface area (Å²) in [6, 6.07) is 11.5. The third-order valence-electron chi connectivity index (χ3n) is 5.73. The van der Waals surface area contributed by atoms with Crippen LogP contribution in [0.4, 0.5) is 13.2 Å². The van der Waals surface area contributed by atoms with Crippen LogP contribution in [-0.4, -0.2) is 52.3 Å². The number of alkyl halides is 3. The van der Waals surface area contributed by atoms with Crippen molar-refractivity contribution in [3.05, 3.63) is 76.9 Å². The van der Waals surface area contributed by atoms with E-state index in [4.69, 9.17) is 0 Å². The Kier molecular flexibility index (Phi) is 7.99. The fraction of sp³-hybridized carbons (Fsp3) is 0.346. The zero-order valence-electron chi connectivity index (χ0n) is 19.5. The van der Waals surface area contributed by atoms with Gasteiger partial charge in [0, 0.05) is 25.7 Å². The molecule has 1 atom stereocenters. The van der Waals surface area contributed by atoms with Crippen molar-refractivity contribution >= 4 is 23.9 Å². The molecule has 9 heteroatoms. The normalized spacial score (nSPS) is 15.8. The average molecular weight is 489 g/mol. The van der Waals surface area contributed by atoms with E-state index >= 15 is 0 Å². The molecule has 1 N–H and O–H groups in total. The second-order valence-corrected chi connectivity index (χ2v) is 8.93. The average Bonchev–Trinajstić information content (AvgIpc) is 2.80. The topological polar surface area (TPSA) is 77.9 Å². The van der Waals surface area contributed by atoms with Gasteiger partial charge in [0.15, 0.2) is 0 Å². The number of hydrogen-bond acceptors (Lipinski definition) is 3. The fourth-order valence-electron chi connectivity index (χ4n) is 4.00. The molecule has 0 aromatic heterocycles. The Labute approximate surface area is 201 Å². The molecular formula is C26H27F3N2O4. The highest BCUT2D eigenvalue weighted by atomic mass is 19.4. The largest absolute Gasteiger partial charge is 0.481 e. The molecule has 0 spiro atoms. The van der Waals surface area contributed by atoms with E-state index in [1.165, 1.54) is 34.1 Å². The molecule has 2 amide bonds. The van der Waals surface area contributed by atoms with Crippen LogP contribution in [-0.2, 0) is 27.1 Å². The van der Waals surface area contributed by atoms with Crippen LogP contribution < -0.4 is 0 Å². The molecule has 0 fully saturated rings. The van der Waals surface area contributed by atoms with Gasteiger partial charge in [0.05, 0.1) is 11.5 Å². The van der Waals surface area contributed by atoms with Gasteiger partial charge in [-0.2, -0.15) is 13.2 Å². The van der Waals surface area contributed by atoms with Crippen molar-refractivity contribution in [2.24, 2.45) is 5.92 Å². The highest BCUT2D eigenvalue weighted by Crippen LogP contribution is 2.30. The third-order valence-corrected chi connectivity index (χ3v) is 5.73. The standard InChI is InChI=1S/C26H27F3N2O4/c1-17(2)13-30(23(32)12-9-18-7-10-20(11-8-18)26(27,28)29)16-24(33)31-14-19-5-3-4-6-21(19)22(15-31)25(34)35/h3-12,17,22H,13-16H2,1-2H3,(H,34,35)/b12-9+. The maximum Gasteiger partial charge on any atom is 0.416 e. The van der Waals surface area contributed by atoms with Crippen molar-refractivity contribution in [3.8, 4) is 0 Å². The summed E-state index contributed by atoms with van der Waals surface area (Å²) in [7, 11) is 0. The maximum absolute atomic E-state index is 13.1. The van der Waals surface area contributed by atoms with Crippen molar-refractivity contribution in [1.82, 2.24) is 9.80 Å². The number of benzene rings is 2. The van der Waals surface area contributed by atoms with E-state index in [9.17, 15) is 32.7 Å². The minimum absolute atomic E-state index is 0.0102. The van der Waals surface area contributed by atoms with E-state index < -0.39 is 29.5 Å². The molecule has 1 heterocycles. The van der Waals surface area contributed by atoms with Crippen LogP contribution in [0, 0.1) is 5.92 Å². The summed E-state index contributed by atoms with van der Waals surface area (Å²) in [6.07, 6.45) is -1.82. The first-order chi connectivity index (χ1) is 16.5. The summed E-state index contributed by atoms with van der Waals surface area (Å²) in [5.74, 6) is -2.65. The summed E-state index contributed by atoms with van der Waals surface area (Å²) < 4.78 is 38.2. The van der Waals surface area contributed by atoms with Crippen LogP contribution in [0.2, 0.25) is 0 Å². The number of carboxylic acid groups (broad SMARTS) is 1. The predicted octanol–water partition coefficient (Wildman–Crippen LogP) is 4.41. The Morgan fingerprint density at radius 2 is 1.77 bits per heavy atom. The van der Waals surface area contributed by atoms with Crippen molar-refractivity contribution in [2.75, 3.05) is 19.6 Å². The molecule has 0 radical (unpaired) electrons. The summed E-state index contributed by atoms with van der Waals surface area (Å²) in [5.41, 5.74) is 1.07. The lowest BCUT2D eigenvalue weighted by molar-refractivity contribution is -0.143. The van der Waals surface area contributed by atoms with Crippen molar-refractivity contribution in [3.63, 3.8) is 0 Å². The Balaban J connectivity index is 1.72. The number of carboxylic acids is 1. The number of aliphatic carboxylic acids is 1. The minimum atomic E-state index is -4.44. The van der Waals surface area contributed by atoms with E-state index in [2.05, 4.69) is 0 Å². The summed E-state index contributed by atoms with van der Waals surface area (Å²) in [6.45, 7) is 4.10. The number of fused-ring (bicyclic) bond motifs is 1. The monoisotopic (exact) mass is 488 g/mol. The van der Waals surface area contributed by atoms with Crippen LogP contribution in [0.3, 0.4) is 0 Å². The third kappa shape index (κ3) is 6.71. The van der Waals surface area contributed by atoms with Gasteiger partial charge in [-0.3, -0.25) is 14.4 Å². The van der Waals surface area contributed by atoms with E-state index in [0.717, 1.165) is 17.7 Å². The number of hydrogen-bond donors (Lipinski definition) is 1. The zero-order valence-corrected chi connectivity index (χ0v) is 19.5. The highest BCUT2D eigenvalue weighted by molar-refractivity contribution is 5.94. The highest BCUT2D eigenvalue weighted by Gasteiger charge is 2.33. The second kappa shape index (κ2) is 10.8. The van der Waals surface area contributed by atoms with Crippen LogP contribution in [0.15, 0.2) is 54.6 Å². The van der Waals surface area contributed by atoms with Gasteiger partial charge in [0.25, 0.3) is 0 Å². The number of carbonyl (C=O) groups excluding carboxylic acids is 2. The van der Waals surface area contributed by atoms with Gasteiger partial charge in [-0.15, -0.1) is 0 Å². The lowest BCUT2D eigenvalue weighted by Gasteiger charge is -2.34. The van der Waals surface area contributed by atoms with Crippen molar-refractivity contribution in [2.45, 2.75) is 32.5 Å². The molecule has 0 saturated heterocycles. The fourth-order valence-corrected chi connectivity index (χ4v) is 4.00. The summed E-state index contributed by atoms with van der Waals surface area (Å²) in [4.78, 5) is 40.5. The Morgan fingerprint density at radius 1 is 1.11 bits per heavy atom. The number of amides is 2. The van der Waals surface area contributed by atoms with Crippen LogP contribution in [0.1, 0.15) is 42.0 Å². The zero-order chi connectivity index (χ0) is 25.8. The lowest BCUT2D eigenvalue weighted by Crippen LogP contribution is -2.47. The molecule has 0 aliphatic carbocycles. The predicted molar refractivity (Wildman–Crippen MR) is 124 cm³/mol. The first-order valence-corrected chi connectivity index (χ1v) is 11.2. The quantitative estimate of drug-likeness (QED) is 0.586. The molecule has 6 nitrogen and oxygen atoms in total. The number of nitrogens with zero attached hydrogens (tertiary/aromatic N) is 2. The van der Waals surface area contributed by atoms with Gasteiger partial charge < -0.3 is 14.9 Å². The number of carbonyl (C=O) groups is 3.